The van der Waals surface area contributed by atoms with E-state index in [1.54, 1.807) is 23.9 Å². The van der Waals surface area contributed by atoms with Crippen LogP contribution in [0.3, 0.4) is 0 Å². The molecule has 2 aromatic heterocycles. The van der Waals surface area contributed by atoms with Crippen LogP contribution in [0.15, 0.2) is 40.6 Å². The number of benzene rings is 1. The molecule has 0 atom stereocenters. The second-order valence-electron chi connectivity index (χ2n) is 6.40. The fourth-order valence-electron chi connectivity index (χ4n) is 2.97. The molecule has 7 nitrogen and oxygen atoms in total. The maximum Gasteiger partial charge on any atom is 0.242 e. The number of sulfonamides is 1. The van der Waals surface area contributed by atoms with Crippen molar-refractivity contribution in [3.63, 3.8) is 0 Å². The fourth-order valence-corrected chi connectivity index (χ4v) is 4.82. The van der Waals surface area contributed by atoms with Gasteiger partial charge in [0.05, 0.1) is 21.7 Å². The van der Waals surface area contributed by atoms with Crippen molar-refractivity contribution in [2.45, 2.75) is 49.2 Å². The molecule has 1 aromatic carbocycles. The number of imidazole rings is 2. The summed E-state index contributed by atoms with van der Waals surface area (Å²) in [6.45, 7) is 5.93. The number of thioether (sulfide) groups is 1. The average Bonchev–Trinajstić information content (AvgIpc) is 3.22. The highest BCUT2D eigenvalue weighted by Crippen LogP contribution is 2.26. The SMILES string of the molecule is CCCn1ccnc1SCc1nc2cc(S(=O)(=O)N(C)C)ccc2n1CC. The van der Waals surface area contributed by atoms with Crippen molar-refractivity contribution in [1.29, 1.82) is 0 Å². The van der Waals surface area contributed by atoms with Crippen LogP contribution in [0, 0.1) is 0 Å². The average molecular weight is 408 g/mol. The Morgan fingerprint density at radius 2 is 2.00 bits per heavy atom. The molecular weight excluding hydrogens is 382 g/mol. The quantitative estimate of drug-likeness (QED) is 0.536. The van der Waals surface area contributed by atoms with Crippen LogP contribution in [-0.4, -0.2) is 45.9 Å². The normalized spacial score (nSPS) is 12.3. The Morgan fingerprint density at radius 1 is 1.22 bits per heavy atom. The Balaban J connectivity index is 1.92. The molecule has 0 aliphatic carbocycles. The topological polar surface area (TPSA) is 73.0 Å². The van der Waals surface area contributed by atoms with Crippen molar-refractivity contribution in [3.05, 3.63) is 36.4 Å². The molecular formula is C18H25N5O2S2. The van der Waals surface area contributed by atoms with Gasteiger partial charge in [0.1, 0.15) is 5.82 Å². The molecule has 0 spiro atoms. The molecule has 0 amide bonds. The maximum absolute atomic E-state index is 12.4. The molecule has 27 heavy (non-hydrogen) atoms. The van der Waals surface area contributed by atoms with Crippen LogP contribution < -0.4 is 0 Å². The Bertz CT molecular complexity index is 1040. The van der Waals surface area contributed by atoms with Gasteiger partial charge in [0.15, 0.2) is 5.16 Å². The summed E-state index contributed by atoms with van der Waals surface area (Å²) in [6.07, 6.45) is 4.87. The zero-order valence-corrected chi connectivity index (χ0v) is 17.7. The minimum absolute atomic E-state index is 0.262. The number of aryl methyl sites for hydroxylation is 2. The van der Waals surface area contributed by atoms with Crippen molar-refractivity contribution in [2.75, 3.05) is 14.1 Å². The van der Waals surface area contributed by atoms with Gasteiger partial charge in [-0.15, -0.1) is 0 Å². The predicted octanol–water partition coefficient (Wildman–Crippen LogP) is 3.21. The van der Waals surface area contributed by atoms with Gasteiger partial charge in [-0.1, -0.05) is 18.7 Å². The molecule has 0 aliphatic rings. The molecule has 0 N–H and O–H groups in total. The number of rotatable bonds is 8. The van der Waals surface area contributed by atoms with Gasteiger partial charge in [-0.05, 0) is 31.5 Å². The Labute approximate surface area is 164 Å². The van der Waals surface area contributed by atoms with E-state index in [2.05, 4.69) is 28.0 Å². The lowest BCUT2D eigenvalue weighted by Crippen LogP contribution is -2.22. The smallest absolute Gasteiger partial charge is 0.242 e. The standard InChI is InChI=1S/C18H25N5O2S2/c1-5-10-22-11-9-19-18(22)26-13-17-20-15-12-14(27(24,25)21(3)4)7-8-16(15)23(17)6-2/h7-9,11-12H,5-6,10,13H2,1-4H3. The van der Waals surface area contributed by atoms with Crippen molar-refractivity contribution in [3.8, 4) is 0 Å². The zero-order valence-electron chi connectivity index (χ0n) is 16.1. The van der Waals surface area contributed by atoms with Crippen LogP contribution in [0.5, 0.6) is 0 Å². The molecule has 0 radical (unpaired) electrons. The zero-order chi connectivity index (χ0) is 19.6. The Morgan fingerprint density at radius 3 is 2.67 bits per heavy atom. The first-order chi connectivity index (χ1) is 12.9. The number of hydrogen-bond donors (Lipinski definition) is 0. The molecule has 2 heterocycles. The first-order valence-corrected chi connectivity index (χ1v) is 11.4. The van der Waals surface area contributed by atoms with Crippen molar-refractivity contribution in [1.82, 2.24) is 23.4 Å². The Hall–Kier alpha value is -1.84. The molecule has 0 fully saturated rings. The van der Waals surface area contributed by atoms with Crippen molar-refractivity contribution >= 4 is 32.8 Å². The summed E-state index contributed by atoms with van der Waals surface area (Å²) in [6, 6.07) is 5.15. The summed E-state index contributed by atoms with van der Waals surface area (Å²) in [5.74, 6) is 1.60. The van der Waals surface area contributed by atoms with E-state index in [-0.39, 0.29) is 4.90 Å². The Kier molecular flexibility index (Phi) is 5.92. The lowest BCUT2D eigenvalue weighted by Gasteiger charge is -2.11. The molecule has 3 rings (SSSR count). The van der Waals surface area contributed by atoms with E-state index in [1.165, 1.54) is 18.4 Å². The number of aromatic nitrogens is 4. The van der Waals surface area contributed by atoms with E-state index in [4.69, 9.17) is 4.98 Å². The molecule has 3 aromatic rings. The van der Waals surface area contributed by atoms with E-state index in [0.717, 1.165) is 36.0 Å². The summed E-state index contributed by atoms with van der Waals surface area (Å²) in [4.78, 5) is 9.41. The monoisotopic (exact) mass is 407 g/mol. The van der Waals surface area contributed by atoms with Crippen LogP contribution in [-0.2, 0) is 28.9 Å². The number of fused-ring (bicyclic) bond motifs is 1. The van der Waals surface area contributed by atoms with Crippen molar-refractivity contribution < 1.29 is 8.42 Å². The van der Waals surface area contributed by atoms with Crippen molar-refractivity contribution in [2.24, 2.45) is 0 Å². The van der Waals surface area contributed by atoms with E-state index >= 15 is 0 Å². The summed E-state index contributed by atoms with van der Waals surface area (Å²) in [7, 11) is -0.408. The highest BCUT2D eigenvalue weighted by atomic mass is 32.2. The first kappa shape index (κ1) is 19.9. The van der Waals surface area contributed by atoms with E-state index in [1.807, 2.05) is 18.5 Å². The molecule has 0 saturated heterocycles. The molecule has 146 valence electrons. The van der Waals surface area contributed by atoms with Gasteiger partial charge in [0, 0.05) is 39.6 Å². The van der Waals surface area contributed by atoms with E-state index in [0.29, 0.717) is 11.3 Å². The molecule has 0 aliphatic heterocycles. The van der Waals surface area contributed by atoms with Crippen LogP contribution >= 0.6 is 11.8 Å². The van der Waals surface area contributed by atoms with E-state index in [9.17, 15) is 8.42 Å². The van der Waals surface area contributed by atoms with Crippen LogP contribution in [0.25, 0.3) is 11.0 Å². The lowest BCUT2D eigenvalue weighted by atomic mass is 10.3. The maximum atomic E-state index is 12.4. The van der Waals surface area contributed by atoms with Gasteiger partial charge < -0.3 is 9.13 Å². The van der Waals surface area contributed by atoms with E-state index < -0.39 is 10.0 Å². The van der Waals surface area contributed by atoms with Crippen LogP contribution in [0.1, 0.15) is 26.1 Å². The fraction of sp³-hybridized carbons (Fsp3) is 0.444. The van der Waals surface area contributed by atoms with Gasteiger partial charge in [-0.3, -0.25) is 0 Å². The minimum Gasteiger partial charge on any atom is -0.328 e. The van der Waals surface area contributed by atoms with Gasteiger partial charge in [-0.25, -0.2) is 22.7 Å². The predicted molar refractivity (Wildman–Crippen MR) is 108 cm³/mol. The minimum atomic E-state index is -3.47. The first-order valence-electron chi connectivity index (χ1n) is 8.94. The van der Waals surface area contributed by atoms with Gasteiger partial charge >= 0.3 is 0 Å². The second-order valence-corrected chi connectivity index (χ2v) is 9.50. The number of nitrogens with zero attached hydrogens (tertiary/aromatic N) is 5. The second kappa shape index (κ2) is 8.04. The summed E-state index contributed by atoms with van der Waals surface area (Å²) in [5, 5.41) is 0.974. The number of hydrogen-bond acceptors (Lipinski definition) is 5. The summed E-state index contributed by atoms with van der Waals surface area (Å²) < 4.78 is 30.3. The van der Waals surface area contributed by atoms with Crippen LogP contribution in [0.2, 0.25) is 0 Å². The third-order valence-electron chi connectivity index (χ3n) is 4.37. The third kappa shape index (κ3) is 3.90. The third-order valence-corrected chi connectivity index (χ3v) is 7.18. The molecule has 0 unspecified atom stereocenters. The molecule has 9 heteroatoms. The molecule has 0 bridgehead atoms. The summed E-state index contributed by atoms with van der Waals surface area (Å²) >= 11 is 1.65. The highest BCUT2D eigenvalue weighted by molar-refractivity contribution is 7.98. The van der Waals surface area contributed by atoms with Gasteiger partial charge in [0.25, 0.3) is 0 Å². The van der Waals surface area contributed by atoms with Gasteiger partial charge in [0.2, 0.25) is 10.0 Å². The largest absolute Gasteiger partial charge is 0.328 e. The molecule has 0 saturated carbocycles. The summed E-state index contributed by atoms with van der Waals surface area (Å²) in [5.41, 5.74) is 1.65. The lowest BCUT2D eigenvalue weighted by molar-refractivity contribution is 0.521. The highest BCUT2D eigenvalue weighted by Gasteiger charge is 2.19. The van der Waals surface area contributed by atoms with Gasteiger partial charge in [-0.2, -0.15) is 0 Å². The van der Waals surface area contributed by atoms with Crippen LogP contribution in [0.4, 0.5) is 0 Å².